The van der Waals surface area contributed by atoms with E-state index in [2.05, 4.69) is 11.8 Å². The van der Waals surface area contributed by atoms with Crippen molar-refractivity contribution in [2.24, 2.45) is 0 Å². The molecule has 1 fully saturated rings. The number of methoxy groups -OCH3 is 1. The number of ether oxygens (including phenoxy) is 2. The summed E-state index contributed by atoms with van der Waals surface area (Å²) < 4.78 is 11.1. The average molecular weight is 335 g/mol. The topological polar surface area (TPSA) is 59.0 Å². The number of carboxylic acids is 1. The fourth-order valence-corrected chi connectivity index (χ4v) is 3.52. The van der Waals surface area contributed by atoms with Gasteiger partial charge in [-0.2, -0.15) is 0 Å². The molecule has 5 nitrogen and oxygen atoms in total. The molecule has 0 radical (unpaired) electrons. The van der Waals surface area contributed by atoms with E-state index in [-0.39, 0.29) is 12.1 Å². The molecule has 5 heteroatoms. The highest BCUT2D eigenvalue weighted by atomic mass is 16.5. The zero-order chi connectivity index (χ0) is 17.5. The second-order valence-corrected chi connectivity index (χ2v) is 6.24. The van der Waals surface area contributed by atoms with Gasteiger partial charge in [0.2, 0.25) is 0 Å². The fraction of sp³-hybridized carbons (Fsp3) is 0.632. The third-order valence-electron chi connectivity index (χ3n) is 4.68. The highest BCUT2D eigenvalue weighted by Gasteiger charge is 2.35. The van der Waals surface area contributed by atoms with E-state index in [9.17, 15) is 9.90 Å². The second kappa shape index (κ2) is 8.92. The van der Waals surface area contributed by atoms with Crippen molar-refractivity contribution in [3.05, 3.63) is 23.8 Å². The molecule has 0 bridgehead atoms. The summed E-state index contributed by atoms with van der Waals surface area (Å²) in [6.07, 6.45) is 4.79. The van der Waals surface area contributed by atoms with E-state index in [0.717, 1.165) is 50.0 Å². The number of rotatable bonds is 9. The molecule has 0 spiro atoms. The number of nitrogens with zero attached hydrogens (tertiary/aromatic N) is 1. The van der Waals surface area contributed by atoms with Gasteiger partial charge in [0.15, 0.2) is 11.5 Å². The van der Waals surface area contributed by atoms with Crippen LogP contribution in [0, 0.1) is 0 Å². The molecule has 0 saturated carbocycles. The van der Waals surface area contributed by atoms with Gasteiger partial charge in [0.05, 0.1) is 13.7 Å². The first kappa shape index (κ1) is 18.6. The van der Waals surface area contributed by atoms with Crippen LogP contribution in [-0.2, 0) is 4.79 Å². The van der Waals surface area contributed by atoms with E-state index in [1.165, 1.54) is 0 Å². The lowest BCUT2D eigenvalue weighted by Crippen LogP contribution is -2.38. The van der Waals surface area contributed by atoms with E-state index >= 15 is 0 Å². The van der Waals surface area contributed by atoms with Crippen LogP contribution < -0.4 is 9.47 Å². The van der Waals surface area contributed by atoms with Crippen molar-refractivity contribution in [1.82, 2.24) is 4.90 Å². The van der Waals surface area contributed by atoms with Crippen molar-refractivity contribution in [2.75, 3.05) is 20.3 Å². The molecule has 2 rings (SSSR count). The first-order valence-electron chi connectivity index (χ1n) is 8.91. The number of carbonyl (C=O) groups is 1. The van der Waals surface area contributed by atoms with E-state index in [0.29, 0.717) is 12.4 Å². The minimum Gasteiger partial charge on any atom is -0.493 e. The predicted octanol–water partition coefficient (Wildman–Crippen LogP) is 3.87. The molecule has 2 unspecified atom stereocenters. The first-order chi connectivity index (χ1) is 11.6. The molecular weight excluding hydrogens is 306 g/mol. The number of unbranched alkanes of at least 4 members (excludes halogenated alkanes) is 1. The maximum atomic E-state index is 11.6. The molecule has 0 aromatic heterocycles. The maximum absolute atomic E-state index is 11.6. The summed E-state index contributed by atoms with van der Waals surface area (Å²) in [5.74, 6) is 0.726. The van der Waals surface area contributed by atoms with Gasteiger partial charge in [0.25, 0.3) is 0 Å². The summed E-state index contributed by atoms with van der Waals surface area (Å²) in [6.45, 7) is 5.51. The van der Waals surface area contributed by atoms with Crippen LogP contribution in [0.1, 0.15) is 57.6 Å². The van der Waals surface area contributed by atoms with Crippen molar-refractivity contribution in [2.45, 2.75) is 58.0 Å². The van der Waals surface area contributed by atoms with Gasteiger partial charge < -0.3 is 14.6 Å². The van der Waals surface area contributed by atoms with Crippen molar-refractivity contribution >= 4 is 5.97 Å². The Morgan fingerprint density at radius 3 is 2.79 bits per heavy atom. The highest BCUT2D eigenvalue weighted by molar-refractivity contribution is 5.74. The summed E-state index contributed by atoms with van der Waals surface area (Å²) in [5, 5.41) is 9.54. The number of carboxylic acid groups (broad SMARTS) is 1. The van der Waals surface area contributed by atoms with Crippen LogP contribution in [-0.4, -0.2) is 42.3 Å². The number of hydrogen-bond acceptors (Lipinski definition) is 4. The summed E-state index contributed by atoms with van der Waals surface area (Å²) in [4.78, 5) is 13.8. The monoisotopic (exact) mass is 335 g/mol. The lowest BCUT2D eigenvalue weighted by atomic mass is 9.98. The molecule has 0 amide bonds. The molecule has 1 heterocycles. The Morgan fingerprint density at radius 2 is 2.17 bits per heavy atom. The molecule has 24 heavy (non-hydrogen) atoms. The maximum Gasteiger partial charge on any atom is 0.320 e. The van der Waals surface area contributed by atoms with Crippen molar-refractivity contribution < 1.29 is 19.4 Å². The highest BCUT2D eigenvalue weighted by Crippen LogP contribution is 2.37. The van der Waals surface area contributed by atoms with E-state index < -0.39 is 5.97 Å². The number of aliphatic carboxylic acids is 1. The Labute approximate surface area is 144 Å². The molecule has 1 aliphatic rings. The molecule has 1 aliphatic heterocycles. The summed E-state index contributed by atoms with van der Waals surface area (Å²) in [5.41, 5.74) is 1.11. The van der Waals surface area contributed by atoms with Crippen molar-refractivity contribution in [3.63, 3.8) is 0 Å². The minimum absolute atomic E-state index is 0.110. The zero-order valence-corrected chi connectivity index (χ0v) is 15.0. The Bertz CT molecular complexity index is 546. The van der Waals surface area contributed by atoms with Crippen LogP contribution in [0.2, 0.25) is 0 Å². The SMILES string of the molecule is CCCCC(c1ccc(OC)c(OCC)c1)N1CCCC1C(=O)O. The van der Waals surface area contributed by atoms with Gasteiger partial charge in [-0.1, -0.05) is 25.8 Å². The largest absolute Gasteiger partial charge is 0.493 e. The summed E-state index contributed by atoms with van der Waals surface area (Å²) in [6, 6.07) is 5.70. The Hall–Kier alpha value is -1.75. The summed E-state index contributed by atoms with van der Waals surface area (Å²) in [7, 11) is 1.63. The van der Waals surface area contributed by atoms with Gasteiger partial charge >= 0.3 is 5.97 Å². The van der Waals surface area contributed by atoms with Crippen LogP contribution in [0.15, 0.2) is 18.2 Å². The van der Waals surface area contributed by atoms with E-state index in [4.69, 9.17) is 9.47 Å². The Balaban J connectivity index is 2.33. The lowest BCUT2D eigenvalue weighted by molar-refractivity contribution is -0.143. The molecule has 1 aromatic rings. The van der Waals surface area contributed by atoms with Crippen LogP contribution in [0.25, 0.3) is 0 Å². The van der Waals surface area contributed by atoms with Crippen LogP contribution >= 0.6 is 0 Å². The molecule has 134 valence electrons. The van der Waals surface area contributed by atoms with Crippen LogP contribution in [0.3, 0.4) is 0 Å². The smallest absolute Gasteiger partial charge is 0.320 e. The molecule has 1 aromatic carbocycles. The Morgan fingerprint density at radius 1 is 1.38 bits per heavy atom. The first-order valence-corrected chi connectivity index (χ1v) is 8.91. The standard InChI is InChI=1S/C19H29NO4/c1-4-6-8-15(20-12-7-9-16(20)19(21)22)14-10-11-17(23-3)18(13-14)24-5-2/h10-11,13,15-16H,4-9,12H2,1-3H3,(H,21,22). The number of benzene rings is 1. The van der Waals surface area contributed by atoms with Crippen molar-refractivity contribution in [1.29, 1.82) is 0 Å². The predicted molar refractivity (Wildman–Crippen MR) is 93.8 cm³/mol. The second-order valence-electron chi connectivity index (χ2n) is 6.24. The normalized spacial score (nSPS) is 19.2. The van der Waals surface area contributed by atoms with E-state index in [1.54, 1.807) is 7.11 Å². The van der Waals surface area contributed by atoms with Crippen LogP contribution in [0.4, 0.5) is 0 Å². The van der Waals surface area contributed by atoms with Gasteiger partial charge in [0, 0.05) is 6.04 Å². The van der Waals surface area contributed by atoms with Crippen LogP contribution in [0.5, 0.6) is 11.5 Å². The summed E-state index contributed by atoms with van der Waals surface area (Å²) >= 11 is 0. The van der Waals surface area contributed by atoms with Gasteiger partial charge in [-0.15, -0.1) is 0 Å². The number of hydrogen-bond donors (Lipinski definition) is 1. The fourth-order valence-electron chi connectivity index (χ4n) is 3.52. The van der Waals surface area contributed by atoms with Gasteiger partial charge in [-0.05, 0) is 50.4 Å². The van der Waals surface area contributed by atoms with Crippen molar-refractivity contribution in [3.8, 4) is 11.5 Å². The van der Waals surface area contributed by atoms with Gasteiger partial charge in [-0.25, -0.2) is 0 Å². The third-order valence-corrected chi connectivity index (χ3v) is 4.68. The van der Waals surface area contributed by atoms with Gasteiger partial charge in [0.1, 0.15) is 6.04 Å². The lowest BCUT2D eigenvalue weighted by Gasteiger charge is -2.32. The minimum atomic E-state index is -0.715. The quantitative estimate of drug-likeness (QED) is 0.742. The molecule has 1 N–H and O–H groups in total. The molecule has 2 atom stereocenters. The van der Waals surface area contributed by atoms with E-state index in [1.807, 2.05) is 25.1 Å². The Kier molecular flexibility index (Phi) is 6.91. The average Bonchev–Trinajstić information content (AvgIpc) is 3.05. The third kappa shape index (κ3) is 4.20. The van der Waals surface area contributed by atoms with Gasteiger partial charge in [-0.3, -0.25) is 9.69 Å². The molecular formula is C19H29NO4. The molecule has 0 aliphatic carbocycles. The number of likely N-dealkylation sites (tertiary alicyclic amines) is 1. The zero-order valence-electron chi connectivity index (χ0n) is 15.0. The molecule has 1 saturated heterocycles.